The summed E-state index contributed by atoms with van der Waals surface area (Å²) in [6, 6.07) is 0.786. The largest absolute Gasteiger partial charge is 0.396 e. The quantitative estimate of drug-likeness (QED) is 0.731. The second kappa shape index (κ2) is 5.05. The zero-order chi connectivity index (χ0) is 11.6. The summed E-state index contributed by atoms with van der Waals surface area (Å²) in [6.45, 7) is 6.20. The van der Waals surface area contributed by atoms with Crippen molar-refractivity contribution >= 4 is 0 Å². The minimum atomic E-state index is 0.308. The van der Waals surface area contributed by atoms with Crippen LogP contribution < -0.4 is 0 Å². The Labute approximate surface area is 100 Å². The molecule has 0 amide bonds. The number of nitrogens with zero attached hydrogens (tertiary/aromatic N) is 1. The number of hydrogen-bond donors (Lipinski definition) is 1. The lowest BCUT2D eigenvalue weighted by Gasteiger charge is -2.38. The van der Waals surface area contributed by atoms with E-state index >= 15 is 0 Å². The molecular weight excluding hydrogens is 198 g/mol. The molecule has 1 unspecified atom stereocenters. The molecule has 0 bridgehead atoms. The van der Waals surface area contributed by atoms with E-state index in [4.69, 9.17) is 0 Å². The van der Waals surface area contributed by atoms with Crippen LogP contribution in [0.4, 0.5) is 0 Å². The molecule has 1 heterocycles. The van der Waals surface area contributed by atoms with Gasteiger partial charge in [0.1, 0.15) is 0 Å². The molecule has 1 saturated carbocycles. The van der Waals surface area contributed by atoms with Crippen LogP contribution in [-0.4, -0.2) is 34.7 Å². The Balaban J connectivity index is 2.01. The lowest BCUT2D eigenvalue weighted by molar-refractivity contribution is 0.102. The molecule has 2 rings (SSSR count). The molecule has 2 nitrogen and oxygen atoms in total. The van der Waals surface area contributed by atoms with Gasteiger partial charge in [0.25, 0.3) is 0 Å². The normalized spacial score (nSPS) is 32.8. The van der Waals surface area contributed by atoms with Gasteiger partial charge >= 0.3 is 0 Å². The fourth-order valence-corrected chi connectivity index (χ4v) is 3.75. The molecule has 1 aliphatic heterocycles. The molecule has 0 aromatic rings. The number of hydrogen-bond acceptors (Lipinski definition) is 2. The summed E-state index contributed by atoms with van der Waals surface area (Å²) in [4.78, 5) is 2.69. The van der Waals surface area contributed by atoms with Crippen molar-refractivity contribution in [3.05, 3.63) is 0 Å². The minimum absolute atomic E-state index is 0.308. The first-order valence-corrected chi connectivity index (χ1v) is 7.01. The Bertz CT molecular complexity index is 219. The smallest absolute Gasteiger partial charge is 0.0472 e. The van der Waals surface area contributed by atoms with Gasteiger partial charge in [-0.3, -0.25) is 4.90 Å². The number of likely N-dealkylation sites (tertiary alicyclic amines) is 1. The van der Waals surface area contributed by atoms with Gasteiger partial charge in [-0.05, 0) is 39.0 Å². The monoisotopic (exact) mass is 225 g/mol. The molecule has 0 radical (unpaired) electrons. The highest BCUT2D eigenvalue weighted by Gasteiger charge is 2.41. The SMILES string of the molecule is CC1(C)CC(CO)CN1C1CCCCCC1. The summed E-state index contributed by atoms with van der Waals surface area (Å²) < 4.78 is 0. The van der Waals surface area contributed by atoms with Gasteiger partial charge in [0, 0.05) is 24.7 Å². The van der Waals surface area contributed by atoms with Gasteiger partial charge in [-0.15, -0.1) is 0 Å². The van der Waals surface area contributed by atoms with Gasteiger partial charge in [0.2, 0.25) is 0 Å². The van der Waals surface area contributed by atoms with Crippen LogP contribution >= 0.6 is 0 Å². The van der Waals surface area contributed by atoms with Gasteiger partial charge in [-0.2, -0.15) is 0 Å². The van der Waals surface area contributed by atoms with Gasteiger partial charge in [0.05, 0.1) is 0 Å². The van der Waals surface area contributed by atoms with E-state index < -0.39 is 0 Å². The minimum Gasteiger partial charge on any atom is -0.396 e. The average Bonchev–Trinajstić information content (AvgIpc) is 2.45. The van der Waals surface area contributed by atoms with Crippen molar-refractivity contribution in [1.29, 1.82) is 0 Å². The Morgan fingerprint density at radius 3 is 2.25 bits per heavy atom. The Hall–Kier alpha value is -0.0800. The molecule has 2 aliphatic rings. The maximum Gasteiger partial charge on any atom is 0.0472 e. The van der Waals surface area contributed by atoms with E-state index in [0.29, 0.717) is 18.1 Å². The van der Waals surface area contributed by atoms with E-state index in [1.165, 1.54) is 44.9 Å². The third kappa shape index (κ3) is 2.60. The highest BCUT2D eigenvalue weighted by molar-refractivity contribution is 4.96. The maximum atomic E-state index is 9.34. The van der Waals surface area contributed by atoms with E-state index in [-0.39, 0.29) is 0 Å². The van der Waals surface area contributed by atoms with Crippen LogP contribution in [-0.2, 0) is 0 Å². The summed E-state index contributed by atoms with van der Waals surface area (Å²) in [5.74, 6) is 0.512. The standard InChI is InChI=1S/C14H27NO/c1-14(2)9-12(11-16)10-15(14)13-7-5-3-4-6-8-13/h12-13,16H,3-11H2,1-2H3. The number of aliphatic hydroxyl groups excluding tert-OH is 1. The third-order valence-electron chi connectivity index (χ3n) is 4.54. The van der Waals surface area contributed by atoms with Crippen molar-refractivity contribution < 1.29 is 5.11 Å². The topological polar surface area (TPSA) is 23.5 Å². The first kappa shape index (κ1) is 12.4. The third-order valence-corrected chi connectivity index (χ3v) is 4.54. The summed E-state index contributed by atoms with van der Waals surface area (Å²) >= 11 is 0. The van der Waals surface area contributed by atoms with E-state index in [1.54, 1.807) is 0 Å². The van der Waals surface area contributed by atoms with Crippen LogP contribution in [0.25, 0.3) is 0 Å². The van der Waals surface area contributed by atoms with Gasteiger partial charge < -0.3 is 5.11 Å². The fraction of sp³-hybridized carbons (Fsp3) is 1.00. The van der Waals surface area contributed by atoms with Crippen LogP contribution in [0.5, 0.6) is 0 Å². The van der Waals surface area contributed by atoms with Crippen LogP contribution in [0.2, 0.25) is 0 Å². The molecule has 0 aromatic heterocycles. The van der Waals surface area contributed by atoms with Crippen molar-refractivity contribution in [1.82, 2.24) is 4.90 Å². The molecule has 94 valence electrons. The number of rotatable bonds is 2. The van der Waals surface area contributed by atoms with Gasteiger partial charge in [-0.1, -0.05) is 25.7 Å². The predicted octanol–water partition coefficient (Wildman–Crippen LogP) is 2.80. The predicted molar refractivity (Wildman–Crippen MR) is 67.5 cm³/mol. The molecule has 16 heavy (non-hydrogen) atoms. The molecule has 1 saturated heterocycles. The van der Waals surface area contributed by atoms with Gasteiger partial charge in [0.15, 0.2) is 0 Å². The van der Waals surface area contributed by atoms with E-state index in [2.05, 4.69) is 18.7 Å². The van der Waals surface area contributed by atoms with E-state index in [1.807, 2.05) is 0 Å². The first-order valence-electron chi connectivity index (χ1n) is 7.01. The fourth-order valence-electron chi connectivity index (χ4n) is 3.75. The molecule has 1 atom stereocenters. The second-order valence-corrected chi connectivity index (χ2v) is 6.36. The summed E-state index contributed by atoms with van der Waals surface area (Å²) in [5.41, 5.74) is 0.308. The summed E-state index contributed by atoms with van der Waals surface area (Å²) in [6.07, 6.45) is 9.58. The van der Waals surface area contributed by atoms with Crippen molar-refractivity contribution in [3.63, 3.8) is 0 Å². The first-order chi connectivity index (χ1) is 7.63. The highest BCUT2D eigenvalue weighted by Crippen LogP contribution is 2.37. The van der Waals surface area contributed by atoms with E-state index in [9.17, 15) is 5.11 Å². The summed E-state index contributed by atoms with van der Waals surface area (Å²) in [5, 5.41) is 9.34. The zero-order valence-corrected chi connectivity index (χ0v) is 10.9. The van der Waals surface area contributed by atoms with Crippen molar-refractivity contribution in [2.45, 2.75) is 70.4 Å². The Morgan fingerprint density at radius 2 is 1.75 bits per heavy atom. The zero-order valence-electron chi connectivity index (χ0n) is 10.9. The maximum absolute atomic E-state index is 9.34. The van der Waals surface area contributed by atoms with Crippen LogP contribution in [0.15, 0.2) is 0 Å². The van der Waals surface area contributed by atoms with Crippen molar-refractivity contribution in [3.8, 4) is 0 Å². The Morgan fingerprint density at radius 1 is 1.12 bits per heavy atom. The van der Waals surface area contributed by atoms with Crippen molar-refractivity contribution in [2.24, 2.45) is 5.92 Å². The molecule has 1 N–H and O–H groups in total. The molecule has 1 aliphatic carbocycles. The van der Waals surface area contributed by atoms with Crippen molar-refractivity contribution in [2.75, 3.05) is 13.2 Å². The average molecular weight is 225 g/mol. The molecule has 0 aromatic carbocycles. The highest BCUT2D eigenvalue weighted by atomic mass is 16.3. The van der Waals surface area contributed by atoms with Crippen LogP contribution in [0, 0.1) is 5.92 Å². The Kier molecular flexibility index (Phi) is 3.91. The summed E-state index contributed by atoms with van der Waals surface area (Å²) in [7, 11) is 0. The van der Waals surface area contributed by atoms with Gasteiger partial charge in [-0.25, -0.2) is 0 Å². The van der Waals surface area contributed by atoms with Crippen LogP contribution in [0.1, 0.15) is 58.8 Å². The second-order valence-electron chi connectivity index (χ2n) is 6.36. The molecule has 0 spiro atoms. The lowest BCUT2D eigenvalue weighted by atomic mass is 9.95. The van der Waals surface area contributed by atoms with E-state index in [0.717, 1.165) is 12.6 Å². The molecule has 2 heteroatoms. The molecular formula is C14H27NO. The molecule has 2 fully saturated rings. The number of aliphatic hydroxyl groups is 1. The van der Waals surface area contributed by atoms with Crippen LogP contribution in [0.3, 0.4) is 0 Å². The lowest BCUT2D eigenvalue weighted by Crippen LogP contribution is -2.45.